The maximum atomic E-state index is 12.1. The number of rotatable bonds is 7. The fourth-order valence-corrected chi connectivity index (χ4v) is 1.86. The number of nitro groups is 2. The Morgan fingerprint density at radius 2 is 1.65 bits per heavy atom. The molecular weight excluding hydrogens is 348 g/mol. The molecule has 13 nitrogen and oxygen atoms in total. The van der Waals surface area contributed by atoms with Crippen LogP contribution in [0.3, 0.4) is 0 Å². The van der Waals surface area contributed by atoms with Crippen molar-refractivity contribution in [1.29, 1.82) is 0 Å². The molecule has 0 fully saturated rings. The van der Waals surface area contributed by atoms with Crippen molar-refractivity contribution in [3.63, 3.8) is 0 Å². The number of hydrogen-bond donors (Lipinski definition) is 3. The first-order valence-corrected chi connectivity index (χ1v) is 7.03. The van der Waals surface area contributed by atoms with E-state index in [4.69, 9.17) is 0 Å². The van der Waals surface area contributed by atoms with Crippen LogP contribution < -0.4 is 16.3 Å². The van der Waals surface area contributed by atoms with Gasteiger partial charge >= 0.3 is 5.69 Å². The average molecular weight is 362 g/mol. The molecule has 1 amide bonds. The highest BCUT2D eigenvalue weighted by Crippen LogP contribution is 2.28. The van der Waals surface area contributed by atoms with Gasteiger partial charge in [0, 0.05) is 31.8 Å². The molecule has 1 aromatic carbocycles. The smallest absolute Gasteiger partial charge is 0.298 e. The molecule has 26 heavy (non-hydrogen) atoms. The lowest BCUT2D eigenvalue weighted by Gasteiger charge is -2.14. The molecule has 13 heteroatoms. The molecule has 136 valence electrons. The van der Waals surface area contributed by atoms with Crippen LogP contribution in [0.1, 0.15) is 10.4 Å². The molecule has 0 bridgehead atoms. The van der Waals surface area contributed by atoms with E-state index in [1.165, 1.54) is 29.3 Å². The van der Waals surface area contributed by atoms with E-state index in [0.29, 0.717) is 0 Å². The second kappa shape index (κ2) is 7.80. The Morgan fingerprint density at radius 1 is 1.04 bits per heavy atom. The van der Waals surface area contributed by atoms with Crippen molar-refractivity contribution in [2.75, 3.05) is 24.9 Å². The van der Waals surface area contributed by atoms with Crippen LogP contribution in [-0.4, -0.2) is 44.8 Å². The van der Waals surface area contributed by atoms with Crippen molar-refractivity contribution in [3.8, 4) is 0 Å². The first-order chi connectivity index (χ1) is 12.3. The van der Waals surface area contributed by atoms with E-state index < -0.39 is 21.4 Å². The summed E-state index contributed by atoms with van der Waals surface area (Å²) in [5.74, 6) is -0.957. The van der Waals surface area contributed by atoms with Crippen molar-refractivity contribution >= 4 is 28.9 Å². The molecule has 0 radical (unpaired) electrons. The summed E-state index contributed by atoms with van der Waals surface area (Å²) in [5, 5.41) is 23.4. The third-order valence-corrected chi connectivity index (χ3v) is 2.97. The number of anilines is 2. The van der Waals surface area contributed by atoms with Gasteiger partial charge in [0.15, 0.2) is 0 Å². The van der Waals surface area contributed by atoms with Crippen LogP contribution >= 0.6 is 0 Å². The molecule has 0 saturated heterocycles. The molecule has 3 N–H and O–H groups in total. The second-order valence-corrected chi connectivity index (χ2v) is 5.07. The van der Waals surface area contributed by atoms with E-state index in [0.717, 1.165) is 6.33 Å². The van der Waals surface area contributed by atoms with Gasteiger partial charge in [0.2, 0.25) is 11.6 Å². The Bertz CT molecular complexity index is 839. The van der Waals surface area contributed by atoms with E-state index in [2.05, 4.69) is 26.2 Å². The number of hydrazine groups is 2. The molecule has 2 rings (SSSR count). The van der Waals surface area contributed by atoms with E-state index in [9.17, 15) is 25.0 Å². The minimum absolute atomic E-state index is 0.0675. The molecule has 0 aliphatic rings. The van der Waals surface area contributed by atoms with Crippen molar-refractivity contribution in [3.05, 3.63) is 56.4 Å². The van der Waals surface area contributed by atoms with E-state index >= 15 is 0 Å². The van der Waals surface area contributed by atoms with E-state index in [-0.39, 0.29) is 22.9 Å². The standard InChI is InChI=1S/C13H14N8O5/c1-19(2)18-12-10(21(25)26)11(14-7-15-12)16-17-13(22)8-3-5-9(6-4-8)20(23)24/h3-7H,1-2H3,(H,17,22)(H2,14,15,16,18). The van der Waals surface area contributed by atoms with Gasteiger partial charge in [0.1, 0.15) is 6.33 Å². The summed E-state index contributed by atoms with van der Waals surface area (Å²) in [7, 11) is 3.24. The van der Waals surface area contributed by atoms with Gasteiger partial charge in [0.25, 0.3) is 11.6 Å². The summed E-state index contributed by atoms with van der Waals surface area (Å²) in [6.07, 6.45) is 1.08. The van der Waals surface area contributed by atoms with Gasteiger partial charge in [-0.2, -0.15) is 0 Å². The summed E-state index contributed by atoms with van der Waals surface area (Å²) in [5.41, 5.74) is 6.74. The molecule has 0 saturated carbocycles. The van der Waals surface area contributed by atoms with Crippen molar-refractivity contribution in [2.24, 2.45) is 0 Å². The lowest BCUT2D eigenvalue weighted by Crippen LogP contribution is -2.30. The predicted octanol–water partition coefficient (Wildman–Crippen LogP) is 0.938. The fraction of sp³-hybridized carbons (Fsp3) is 0.154. The summed E-state index contributed by atoms with van der Waals surface area (Å²) in [4.78, 5) is 40.2. The van der Waals surface area contributed by atoms with Gasteiger partial charge in [-0.3, -0.25) is 41.3 Å². The summed E-state index contributed by atoms with van der Waals surface area (Å²) in [6.45, 7) is 0. The maximum Gasteiger partial charge on any atom is 0.356 e. The number of amides is 1. The monoisotopic (exact) mass is 362 g/mol. The molecule has 0 spiro atoms. The average Bonchev–Trinajstić information content (AvgIpc) is 2.59. The first kappa shape index (κ1) is 18.5. The molecule has 2 aromatic rings. The quantitative estimate of drug-likeness (QED) is 0.476. The number of aromatic nitrogens is 2. The zero-order valence-corrected chi connectivity index (χ0v) is 13.7. The largest absolute Gasteiger partial charge is 0.356 e. The Hall–Kier alpha value is -3.87. The van der Waals surface area contributed by atoms with Gasteiger partial charge in [-0.25, -0.2) is 15.0 Å². The van der Waals surface area contributed by atoms with Crippen LogP contribution in [0.4, 0.5) is 23.0 Å². The Labute approximate surface area is 146 Å². The molecule has 0 atom stereocenters. The molecule has 1 heterocycles. The van der Waals surface area contributed by atoms with Crippen molar-refractivity contribution in [1.82, 2.24) is 20.4 Å². The predicted molar refractivity (Wildman–Crippen MR) is 90.2 cm³/mol. The minimum atomic E-state index is -0.702. The fourth-order valence-electron chi connectivity index (χ4n) is 1.86. The third kappa shape index (κ3) is 4.35. The highest BCUT2D eigenvalue weighted by Gasteiger charge is 2.24. The van der Waals surface area contributed by atoms with Crippen molar-refractivity contribution < 1.29 is 14.6 Å². The number of benzene rings is 1. The van der Waals surface area contributed by atoms with Gasteiger partial charge in [-0.15, -0.1) is 0 Å². The Kier molecular flexibility index (Phi) is 5.54. The number of non-ortho nitro benzene ring substituents is 1. The van der Waals surface area contributed by atoms with Crippen molar-refractivity contribution in [2.45, 2.75) is 0 Å². The number of nitrogens with zero attached hydrogens (tertiary/aromatic N) is 5. The highest BCUT2D eigenvalue weighted by atomic mass is 16.6. The minimum Gasteiger partial charge on any atom is -0.298 e. The maximum absolute atomic E-state index is 12.1. The lowest BCUT2D eigenvalue weighted by molar-refractivity contribution is -0.384. The highest BCUT2D eigenvalue weighted by molar-refractivity contribution is 5.95. The number of nitrogens with one attached hydrogen (secondary N) is 3. The summed E-state index contributed by atoms with van der Waals surface area (Å²) >= 11 is 0. The normalized spacial score (nSPS) is 10.3. The third-order valence-electron chi connectivity index (χ3n) is 2.97. The lowest BCUT2D eigenvalue weighted by atomic mass is 10.2. The van der Waals surface area contributed by atoms with E-state index in [1.54, 1.807) is 14.1 Å². The zero-order chi connectivity index (χ0) is 19.3. The van der Waals surface area contributed by atoms with Gasteiger partial charge in [0.05, 0.1) is 9.85 Å². The number of carbonyl (C=O) groups is 1. The second-order valence-electron chi connectivity index (χ2n) is 5.07. The van der Waals surface area contributed by atoms with Crippen LogP contribution in [0.5, 0.6) is 0 Å². The number of carbonyl (C=O) groups excluding carboxylic acids is 1. The van der Waals surface area contributed by atoms with Gasteiger partial charge in [-0.1, -0.05) is 0 Å². The van der Waals surface area contributed by atoms with Crippen LogP contribution in [0.25, 0.3) is 0 Å². The SMILES string of the molecule is CN(C)Nc1ncnc(NNC(=O)c2ccc([N+](=O)[O-])cc2)c1[N+](=O)[O-]. The van der Waals surface area contributed by atoms with Crippen LogP contribution in [-0.2, 0) is 0 Å². The number of nitro benzene ring substituents is 1. The zero-order valence-electron chi connectivity index (χ0n) is 13.7. The topological polar surface area (TPSA) is 168 Å². The van der Waals surface area contributed by atoms with Crippen LogP contribution in [0, 0.1) is 20.2 Å². The molecule has 0 unspecified atom stereocenters. The van der Waals surface area contributed by atoms with Crippen LogP contribution in [0.15, 0.2) is 30.6 Å². The molecule has 0 aliphatic carbocycles. The summed E-state index contributed by atoms with van der Waals surface area (Å²) in [6, 6.07) is 4.84. The van der Waals surface area contributed by atoms with E-state index in [1.807, 2.05) is 0 Å². The molecule has 0 aliphatic heterocycles. The molecular formula is C13H14N8O5. The number of hydrogen-bond acceptors (Lipinski definition) is 10. The summed E-state index contributed by atoms with van der Waals surface area (Å²) < 4.78 is 0. The Balaban J connectivity index is 2.16. The van der Waals surface area contributed by atoms with Gasteiger partial charge < -0.3 is 0 Å². The van der Waals surface area contributed by atoms with Crippen LogP contribution in [0.2, 0.25) is 0 Å². The van der Waals surface area contributed by atoms with Gasteiger partial charge in [-0.05, 0) is 12.1 Å². The Morgan fingerprint density at radius 3 is 2.19 bits per heavy atom. The molecule has 1 aromatic heterocycles. The first-order valence-electron chi connectivity index (χ1n) is 7.03.